The first-order chi connectivity index (χ1) is 12.1. The maximum atomic E-state index is 12.8. The number of anilines is 1. The molecule has 1 heterocycles. The summed E-state index contributed by atoms with van der Waals surface area (Å²) in [5.41, 5.74) is 2.36. The van der Waals surface area contributed by atoms with Crippen molar-refractivity contribution in [3.63, 3.8) is 0 Å². The van der Waals surface area contributed by atoms with E-state index in [9.17, 15) is 9.59 Å². The Morgan fingerprint density at radius 3 is 2.56 bits per heavy atom. The molecule has 0 saturated heterocycles. The minimum Gasteiger partial charge on any atom is -0.497 e. The van der Waals surface area contributed by atoms with Gasteiger partial charge < -0.3 is 15.0 Å². The van der Waals surface area contributed by atoms with Gasteiger partial charge in [-0.25, -0.2) is 0 Å². The summed E-state index contributed by atoms with van der Waals surface area (Å²) in [6.45, 7) is 2.50. The Bertz CT molecular complexity index is 771. The number of nitrogens with zero attached hydrogens (tertiary/aromatic N) is 1. The van der Waals surface area contributed by atoms with Gasteiger partial charge in [-0.1, -0.05) is 31.5 Å². The van der Waals surface area contributed by atoms with Crippen LogP contribution < -0.4 is 10.1 Å². The highest BCUT2D eigenvalue weighted by atomic mass is 16.5. The zero-order chi connectivity index (χ0) is 17.8. The second-order valence-corrected chi connectivity index (χ2v) is 6.11. The van der Waals surface area contributed by atoms with E-state index >= 15 is 0 Å². The normalized spacial score (nSPS) is 14.2. The number of benzene rings is 2. The molecule has 1 aliphatic rings. The van der Waals surface area contributed by atoms with E-state index in [1.165, 1.54) is 0 Å². The minimum absolute atomic E-state index is 0.0704. The first-order valence-electron chi connectivity index (χ1n) is 8.47. The van der Waals surface area contributed by atoms with Crippen LogP contribution in [0.3, 0.4) is 0 Å². The first kappa shape index (κ1) is 17.0. The van der Waals surface area contributed by atoms with Crippen molar-refractivity contribution in [2.45, 2.75) is 32.4 Å². The Balaban J connectivity index is 1.76. The molecule has 0 saturated carbocycles. The molecule has 0 fully saturated rings. The summed E-state index contributed by atoms with van der Waals surface area (Å²) in [7, 11) is 1.60. The van der Waals surface area contributed by atoms with Crippen molar-refractivity contribution in [1.82, 2.24) is 4.90 Å². The standard InChI is InChI=1S/C20H22N2O3/c1-3-6-18(19(23)21-15-9-11-16(25-2)12-10-15)22-13-14-7-4-5-8-17(14)20(22)24/h4-5,7-12,18H,3,6,13H2,1-2H3,(H,21,23)/t18-/m0/s1. The molecule has 1 N–H and O–H groups in total. The number of methoxy groups -OCH3 is 1. The lowest BCUT2D eigenvalue weighted by Gasteiger charge is -2.26. The number of hydrogen-bond acceptors (Lipinski definition) is 3. The zero-order valence-electron chi connectivity index (χ0n) is 14.5. The van der Waals surface area contributed by atoms with Crippen molar-refractivity contribution in [1.29, 1.82) is 0 Å². The lowest BCUT2D eigenvalue weighted by Crippen LogP contribution is -2.44. The number of rotatable bonds is 6. The van der Waals surface area contributed by atoms with Crippen LogP contribution in [-0.2, 0) is 11.3 Å². The quantitative estimate of drug-likeness (QED) is 0.877. The number of amides is 2. The molecule has 0 aromatic heterocycles. The second-order valence-electron chi connectivity index (χ2n) is 6.11. The fraction of sp³-hybridized carbons (Fsp3) is 0.300. The van der Waals surface area contributed by atoms with Gasteiger partial charge in [0.1, 0.15) is 11.8 Å². The molecule has 3 rings (SSSR count). The average Bonchev–Trinajstić information content (AvgIpc) is 2.97. The van der Waals surface area contributed by atoms with Crippen LogP contribution in [0.1, 0.15) is 35.7 Å². The molecule has 1 aliphatic heterocycles. The summed E-state index contributed by atoms with van der Waals surface area (Å²) >= 11 is 0. The van der Waals surface area contributed by atoms with E-state index in [1.54, 1.807) is 36.3 Å². The molecular weight excluding hydrogens is 316 g/mol. The number of carbonyl (C=O) groups is 2. The Morgan fingerprint density at radius 1 is 1.20 bits per heavy atom. The second kappa shape index (κ2) is 7.38. The largest absolute Gasteiger partial charge is 0.497 e. The Kier molecular flexibility index (Phi) is 5.03. The third-order valence-electron chi connectivity index (χ3n) is 4.45. The molecule has 25 heavy (non-hydrogen) atoms. The van der Waals surface area contributed by atoms with Gasteiger partial charge in [0.05, 0.1) is 7.11 Å². The lowest BCUT2D eigenvalue weighted by atomic mass is 10.1. The minimum atomic E-state index is -0.480. The van der Waals surface area contributed by atoms with Gasteiger partial charge in [-0.15, -0.1) is 0 Å². The van der Waals surface area contributed by atoms with Gasteiger partial charge >= 0.3 is 0 Å². The predicted octanol–water partition coefficient (Wildman–Crippen LogP) is 3.46. The van der Waals surface area contributed by atoms with Crippen molar-refractivity contribution >= 4 is 17.5 Å². The highest BCUT2D eigenvalue weighted by Crippen LogP contribution is 2.26. The van der Waals surface area contributed by atoms with Crippen LogP contribution in [0, 0.1) is 0 Å². The Labute approximate surface area is 147 Å². The number of fused-ring (bicyclic) bond motifs is 1. The molecule has 1 atom stereocenters. The summed E-state index contributed by atoms with van der Waals surface area (Å²) in [5.74, 6) is 0.500. The molecule has 2 amide bonds. The molecular formula is C20H22N2O3. The smallest absolute Gasteiger partial charge is 0.255 e. The van der Waals surface area contributed by atoms with Gasteiger partial charge in [-0.05, 0) is 42.3 Å². The Hall–Kier alpha value is -2.82. The van der Waals surface area contributed by atoms with Crippen LogP contribution in [0.2, 0.25) is 0 Å². The number of ether oxygens (including phenoxy) is 1. The van der Waals surface area contributed by atoms with Crippen LogP contribution in [0.4, 0.5) is 5.69 Å². The molecule has 5 nitrogen and oxygen atoms in total. The van der Waals surface area contributed by atoms with Gasteiger partial charge in [-0.3, -0.25) is 9.59 Å². The molecule has 0 bridgehead atoms. The molecule has 0 aliphatic carbocycles. The maximum Gasteiger partial charge on any atom is 0.255 e. The fourth-order valence-corrected chi connectivity index (χ4v) is 3.13. The lowest BCUT2D eigenvalue weighted by molar-refractivity contribution is -0.120. The Morgan fingerprint density at radius 2 is 1.92 bits per heavy atom. The van der Waals surface area contributed by atoms with Crippen molar-refractivity contribution in [2.24, 2.45) is 0 Å². The molecule has 130 valence electrons. The van der Waals surface area contributed by atoms with Gasteiger partial charge in [0.15, 0.2) is 0 Å². The van der Waals surface area contributed by atoms with E-state index in [0.29, 0.717) is 24.2 Å². The third kappa shape index (κ3) is 3.50. The molecule has 0 radical (unpaired) electrons. The van der Waals surface area contributed by atoms with Crippen LogP contribution in [-0.4, -0.2) is 29.9 Å². The van der Waals surface area contributed by atoms with Crippen molar-refractivity contribution in [3.05, 3.63) is 59.7 Å². The summed E-state index contributed by atoms with van der Waals surface area (Å²) in [5, 5.41) is 2.91. The average molecular weight is 338 g/mol. The predicted molar refractivity (Wildman–Crippen MR) is 96.6 cm³/mol. The molecule has 0 spiro atoms. The topological polar surface area (TPSA) is 58.6 Å². The van der Waals surface area contributed by atoms with Crippen molar-refractivity contribution in [2.75, 3.05) is 12.4 Å². The summed E-state index contributed by atoms with van der Waals surface area (Å²) in [6, 6.07) is 14.2. The van der Waals surface area contributed by atoms with E-state index in [1.807, 2.05) is 31.2 Å². The van der Waals surface area contributed by atoms with Gasteiger partial charge in [-0.2, -0.15) is 0 Å². The van der Waals surface area contributed by atoms with Crippen LogP contribution in [0.15, 0.2) is 48.5 Å². The monoisotopic (exact) mass is 338 g/mol. The maximum absolute atomic E-state index is 12.8. The molecule has 2 aromatic carbocycles. The molecule has 2 aromatic rings. The van der Waals surface area contributed by atoms with E-state index in [0.717, 1.165) is 17.7 Å². The first-order valence-corrected chi connectivity index (χ1v) is 8.47. The highest BCUT2D eigenvalue weighted by molar-refractivity contribution is 6.03. The van der Waals surface area contributed by atoms with Crippen molar-refractivity contribution < 1.29 is 14.3 Å². The van der Waals surface area contributed by atoms with E-state index in [-0.39, 0.29) is 11.8 Å². The summed E-state index contributed by atoms with van der Waals surface area (Å²) < 4.78 is 5.13. The van der Waals surface area contributed by atoms with Crippen LogP contribution in [0.5, 0.6) is 5.75 Å². The third-order valence-corrected chi connectivity index (χ3v) is 4.45. The summed E-state index contributed by atoms with van der Waals surface area (Å²) in [6.07, 6.45) is 1.45. The van der Waals surface area contributed by atoms with Gasteiger partial charge in [0, 0.05) is 17.8 Å². The van der Waals surface area contributed by atoms with Gasteiger partial charge in [0.25, 0.3) is 5.91 Å². The van der Waals surface area contributed by atoms with Crippen molar-refractivity contribution in [3.8, 4) is 5.75 Å². The molecule has 0 unspecified atom stereocenters. The fourth-order valence-electron chi connectivity index (χ4n) is 3.13. The summed E-state index contributed by atoms with van der Waals surface area (Å²) in [4.78, 5) is 27.2. The zero-order valence-corrected chi connectivity index (χ0v) is 14.5. The SMILES string of the molecule is CCC[C@@H](C(=O)Nc1ccc(OC)cc1)N1Cc2ccccc2C1=O. The van der Waals surface area contributed by atoms with Crippen LogP contribution >= 0.6 is 0 Å². The number of nitrogens with one attached hydrogen (secondary N) is 1. The van der Waals surface area contributed by atoms with Gasteiger partial charge in [0.2, 0.25) is 5.91 Å². The number of hydrogen-bond donors (Lipinski definition) is 1. The van der Waals surface area contributed by atoms with E-state index in [2.05, 4.69) is 5.32 Å². The highest BCUT2D eigenvalue weighted by Gasteiger charge is 2.35. The van der Waals surface area contributed by atoms with Crippen LogP contribution in [0.25, 0.3) is 0 Å². The molecule has 5 heteroatoms. The number of carbonyl (C=O) groups excluding carboxylic acids is 2. The van der Waals surface area contributed by atoms with E-state index < -0.39 is 6.04 Å². The van der Waals surface area contributed by atoms with E-state index in [4.69, 9.17) is 4.74 Å².